The van der Waals surface area contributed by atoms with E-state index in [0.717, 1.165) is 17.6 Å². The summed E-state index contributed by atoms with van der Waals surface area (Å²) in [6.45, 7) is 6.87. The zero-order valence-corrected chi connectivity index (χ0v) is 15.9. The number of rotatable bonds is 10. The van der Waals surface area contributed by atoms with Crippen molar-refractivity contribution >= 4 is 12.2 Å². The van der Waals surface area contributed by atoms with Crippen LogP contribution in [0.5, 0.6) is 17.2 Å². The fourth-order valence-electron chi connectivity index (χ4n) is 2.49. The van der Waals surface area contributed by atoms with Gasteiger partial charge in [-0.15, -0.1) is 0 Å². The molecule has 0 bridgehead atoms. The number of carbonyl (C=O) groups excluding carboxylic acids is 2. The molecule has 0 aromatic heterocycles. The van der Waals surface area contributed by atoms with Gasteiger partial charge in [0.1, 0.15) is 18.6 Å². The van der Waals surface area contributed by atoms with Crippen LogP contribution in [0.1, 0.15) is 28.4 Å². The zero-order valence-electron chi connectivity index (χ0n) is 15.9. The van der Waals surface area contributed by atoms with Crippen molar-refractivity contribution in [3.8, 4) is 17.2 Å². The SMILES string of the molecule is CCOc1cc(C=O)ccc1OCC(=O)NCCOc1ccc(C)cc1C. The molecule has 1 amide bonds. The summed E-state index contributed by atoms with van der Waals surface area (Å²) >= 11 is 0. The molecule has 6 heteroatoms. The molecule has 0 fully saturated rings. The number of aryl methyl sites for hydroxylation is 2. The summed E-state index contributed by atoms with van der Waals surface area (Å²) in [6.07, 6.45) is 0.731. The first-order valence-electron chi connectivity index (χ1n) is 8.85. The lowest BCUT2D eigenvalue weighted by Gasteiger charge is -2.13. The molecule has 0 radical (unpaired) electrons. The van der Waals surface area contributed by atoms with Crippen LogP contribution in [0, 0.1) is 13.8 Å². The summed E-state index contributed by atoms with van der Waals surface area (Å²) in [4.78, 5) is 22.8. The molecule has 0 saturated heterocycles. The van der Waals surface area contributed by atoms with E-state index in [1.807, 2.05) is 39.0 Å². The zero-order chi connectivity index (χ0) is 19.6. The van der Waals surface area contributed by atoms with Gasteiger partial charge in [0.15, 0.2) is 18.1 Å². The lowest BCUT2D eigenvalue weighted by molar-refractivity contribution is -0.123. The molecule has 0 aliphatic rings. The van der Waals surface area contributed by atoms with Crippen LogP contribution in [0.4, 0.5) is 0 Å². The highest BCUT2D eigenvalue weighted by molar-refractivity contribution is 5.78. The number of carbonyl (C=O) groups is 2. The van der Waals surface area contributed by atoms with Gasteiger partial charge < -0.3 is 19.5 Å². The van der Waals surface area contributed by atoms with E-state index in [1.165, 1.54) is 5.56 Å². The average Bonchev–Trinajstić information content (AvgIpc) is 2.65. The number of hydrogen-bond donors (Lipinski definition) is 1. The maximum Gasteiger partial charge on any atom is 0.258 e. The molecule has 0 unspecified atom stereocenters. The molecular weight excluding hydrogens is 346 g/mol. The molecule has 2 rings (SSSR count). The Morgan fingerprint density at radius 2 is 1.78 bits per heavy atom. The van der Waals surface area contributed by atoms with Gasteiger partial charge in [0, 0.05) is 5.56 Å². The lowest BCUT2D eigenvalue weighted by atomic mass is 10.1. The van der Waals surface area contributed by atoms with E-state index >= 15 is 0 Å². The second-order valence-electron chi connectivity index (χ2n) is 6.01. The fraction of sp³-hybridized carbons (Fsp3) is 0.333. The van der Waals surface area contributed by atoms with Crippen molar-refractivity contribution in [2.24, 2.45) is 0 Å². The number of aldehydes is 1. The monoisotopic (exact) mass is 371 g/mol. The Kier molecular flexibility index (Phi) is 7.67. The van der Waals surface area contributed by atoms with Crippen LogP contribution >= 0.6 is 0 Å². The Hall–Kier alpha value is -3.02. The van der Waals surface area contributed by atoms with Crippen molar-refractivity contribution in [3.63, 3.8) is 0 Å². The first kappa shape index (κ1) is 20.3. The molecule has 0 spiro atoms. The van der Waals surface area contributed by atoms with Gasteiger partial charge in [0.25, 0.3) is 5.91 Å². The van der Waals surface area contributed by atoms with E-state index in [1.54, 1.807) is 18.2 Å². The summed E-state index contributed by atoms with van der Waals surface area (Å²) in [5, 5.41) is 2.74. The van der Waals surface area contributed by atoms with Crippen molar-refractivity contribution in [2.45, 2.75) is 20.8 Å². The summed E-state index contributed by atoms with van der Waals surface area (Å²) in [5.74, 6) is 1.40. The highest BCUT2D eigenvalue weighted by atomic mass is 16.5. The molecular formula is C21H25NO5. The fourth-order valence-corrected chi connectivity index (χ4v) is 2.49. The first-order valence-corrected chi connectivity index (χ1v) is 8.85. The molecule has 0 aliphatic carbocycles. The van der Waals surface area contributed by atoms with Gasteiger partial charge in [-0.2, -0.15) is 0 Å². The Morgan fingerprint density at radius 1 is 1.00 bits per heavy atom. The third kappa shape index (κ3) is 6.33. The smallest absolute Gasteiger partial charge is 0.258 e. The van der Waals surface area contributed by atoms with Crippen LogP contribution in [0.2, 0.25) is 0 Å². The van der Waals surface area contributed by atoms with Crippen LogP contribution < -0.4 is 19.5 Å². The van der Waals surface area contributed by atoms with Gasteiger partial charge in [-0.05, 0) is 50.6 Å². The van der Waals surface area contributed by atoms with Crippen LogP contribution in [0.15, 0.2) is 36.4 Å². The Labute approximate surface area is 159 Å². The van der Waals surface area contributed by atoms with E-state index < -0.39 is 0 Å². The van der Waals surface area contributed by atoms with E-state index in [2.05, 4.69) is 5.32 Å². The Balaban J connectivity index is 1.77. The minimum atomic E-state index is -0.263. The molecule has 0 saturated carbocycles. The molecule has 6 nitrogen and oxygen atoms in total. The molecule has 2 aromatic rings. The van der Waals surface area contributed by atoms with Crippen molar-refractivity contribution in [3.05, 3.63) is 53.1 Å². The van der Waals surface area contributed by atoms with Crippen molar-refractivity contribution in [1.82, 2.24) is 5.32 Å². The number of nitrogens with one attached hydrogen (secondary N) is 1. The largest absolute Gasteiger partial charge is 0.491 e. The van der Waals surface area contributed by atoms with Crippen LogP contribution in [0.3, 0.4) is 0 Å². The second-order valence-corrected chi connectivity index (χ2v) is 6.01. The van der Waals surface area contributed by atoms with E-state index in [9.17, 15) is 9.59 Å². The standard InChI is InChI=1S/C21H25NO5/c1-4-25-20-12-17(13-23)6-8-19(20)27-14-21(24)22-9-10-26-18-7-5-15(2)11-16(18)3/h5-8,11-13H,4,9-10,14H2,1-3H3,(H,22,24). The number of ether oxygens (including phenoxy) is 3. The van der Waals surface area contributed by atoms with Crippen molar-refractivity contribution < 1.29 is 23.8 Å². The Bertz CT molecular complexity index is 788. The number of benzene rings is 2. The van der Waals surface area contributed by atoms with E-state index in [0.29, 0.717) is 36.8 Å². The second kappa shape index (κ2) is 10.2. The van der Waals surface area contributed by atoms with Gasteiger partial charge in [-0.1, -0.05) is 17.7 Å². The normalized spacial score (nSPS) is 10.2. The topological polar surface area (TPSA) is 73.9 Å². The molecule has 0 aliphatic heterocycles. The van der Waals surface area contributed by atoms with Crippen LogP contribution in [-0.2, 0) is 4.79 Å². The number of hydrogen-bond acceptors (Lipinski definition) is 5. The van der Waals surface area contributed by atoms with Gasteiger partial charge in [-0.3, -0.25) is 9.59 Å². The first-order chi connectivity index (χ1) is 13.0. The third-order valence-electron chi connectivity index (χ3n) is 3.77. The highest BCUT2D eigenvalue weighted by Crippen LogP contribution is 2.28. The molecule has 0 atom stereocenters. The Morgan fingerprint density at radius 3 is 2.48 bits per heavy atom. The summed E-state index contributed by atoms with van der Waals surface area (Å²) in [6, 6.07) is 10.8. The molecule has 144 valence electrons. The highest BCUT2D eigenvalue weighted by Gasteiger charge is 2.09. The maximum absolute atomic E-state index is 11.9. The van der Waals surface area contributed by atoms with Crippen molar-refractivity contribution in [1.29, 1.82) is 0 Å². The van der Waals surface area contributed by atoms with Gasteiger partial charge in [0.2, 0.25) is 0 Å². The van der Waals surface area contributed by atoms with Gasteiger partial charge in [0.05, 0.1) is 13.2 Å². The van der Waals surface area contributed by atoms with E-state index in [4.69, 9.17) is 14.2 Å². The van der Waals surface area contributed by atoms with Gasteiger partial charge >= 0.3 is 0 Å². The third-order valence-corrected chi connectivity index (χ3v) is 3.77. The molecule has 2 aromatic carbocycles. The summed E-state index contributed by atoms with van der Waals surface area (Å²) in [5.41, 5.74) is 2.73. The summed E-state index contributed by atoms with van der Waals surface area (Å²) < 4.78 is 16.6. The number of amides is 1. The van der Waals surface area contributed by atoms with Crippen LogP contribution in [0.25, 0.3) is 0 Å². The minimum Gasteiger partial charge on any atom is -0.491 e. The molecule has 27 heavy (non-hydrogen) atoms. The van der Waals surface area contributed by atoms with Crippen molar-refractivity contribution in [2.75, 3.05) is 26.4 Å². The van der Waals surface area contributed by atoms with E-state index in [-0.39, 0.29) is 12.5 Å². The van der Waals surface area contributed by atoms with Gasteiger partial charge in [-0.25, -0.2) is 0 Å². The minimum absolute atomic E-state index is 0.149. The molecule has 0 heterocycles. The van der Waals surface area contributed by atoms with Crippen LogP contribution in [-0.4, -0.2) is 38.6 Å². The average molecular weight is 371 g/mol. The maximum atomic E-state index is 11.9. The quantitative estimate of drug-likeness (QED) is 0.513. The predicted molar refractivity (Wildman–Crippen MR) is 103 cm³/mol. The lowest BCUT2D eigenvalue weighted by Crippen LogP contribution is -2.32. The molecule has 1 N–H and O–H groups in total. The predicted octanol–water partition coefficient (Wildman–Crippen LogP) is 3.09. The summed E-state index contributed by atoms with van der Waals surface area (Å²) in [7, 11) is 0.